The Morgan fingerprint density at radius 2 is 1.77 bits per heavy atom. The van der Waals surface area contributed by atoms with Gasteiger partial charge in [0.05, 0.1) is 11.9 Å². The number of pyridine rings is 1. The molecule has 2 amide bonds. The first-order chi connectivity index (χ1) is 12.6. The third kappa shape index (κ3) is 4.81. The van der Waals surface area contributed by atoms with Crippen LogP contribution in [0.2, 0.25) is 0 Å². The molecule has 0 atom stereocenters. The molecule has 1 N–H and O–H groups in total. The topological polar surface area (TPSA) is 65.5 Å². The van der Waals surface area contributed by atoms with Crippen LogP contribution < -0.4 is 10.2 Å². The SMILES string of the molecule is CC(=O)N1CCN(c2ccc(NC(=O)CCc3ccccc3)nc2)CC1. The molecule has 1 fully saturated rings. The van der Waals surface area contributed by atoms with Gasteiger partial charge in [-0.3, -0.25) is 9.59 Å². The fraction of sp³-hybridized carbons (Fsp3) is 0.350. The van der Waals surface area contributed by atoms with Crippen molar-refractivity contribution in [2.75, 3.05) is 36.4 Å². The quantitative estimate of drug-likeness (QED) is 0.897. The highest BCUT2D eigenvalue weighted by Gasteiger charge is 2.18. The summed E-state index contributed by atoms with van der Waals surface area (Å²) >= 11 is 0. The monoisotopic (exact) mass is 352 g/mol. The molecule has 136 valence electrons. The lowest BCUT2D eigenvalue weighted by Gasteiger charge is -2.35. The number of hydrogen-bond acceptors (Lipinski definition) is 4. The summed E-state index contributed by atoms with van der Waals surface area (Å²) in [4.78, 5) is 31.9. The first-order valence-electron chi connectivity index (χ1n) is 8.92. The zero-order valence-corrected chi connectivity index (χ0v) is 15.0. The summed E-state index contributed by atoms with van der Waals surface area (Å²) < 4.78 is 0. The van der Waals surface area contributed by atoms with Crippen molar-refractivity contribution < 1.29 is 9.59 Å². The van der Waals surface area contributed by atoms with E-state index in [4.69, 9.17) is 0 Å². The van der Waals surface area contributed by atoms with Crippen LogP contribution in [0.15, 0.2) is 48.7 Å². The summed E-state index contributed by atoms with van der Waals surface area (Å²) in [5, 5.41) is 2.84. The van der Waals surface area contributed by atoms with E-state index in [2.05, 4.69) is 15.2 Å². The molecule has 1 saturated heterocycles. The Morgan fingerprint density at radius 3 is 2.38 bits per heavy atom. The van der Waals surface area contributed by atoms with E-state index in [0.717, 1.165) is 37.4 Å². The highest BCUT2D eigenvalue weighted by molar-refractivity contribution is 5.90. The highest BCUT2D eigenvalue weighted by Crippen LogP contribution is 2.17. The third-order valence-corrected chi connectivity index (χ3v) is 4.59. The molecule has 3 rings (SSSR count). The van der Waals surface area contributed by atoms with Crippen LogP contribution in [-0.2, 0) is 16.0 Å². The van der Waals surface area contributed by atoms with Crippen LogP contribution in [0.3, 0.4) is 0 Å². The van der Waals surface area contributed by atoms with Crippen molar-refractivity contribution in [2.45, 2.75) is 19.8 Å². The summed E-state index contributed by atoms with van der Waals surface area (Å²) in [5.74, 6) is 0.648. The van der Waals surface area contributed by atoms with E-state index in [-0.39, 0.29) is 11.8 Å². The highest BCUT2D eigenvalue weighted by atomic mass is 16.2. The van der Waals surface area contributed by atoms with Crippen LogP contribution >= 0.6 is 0 Å². The molecule has 6 nitrogen and oxygen atoms in total. The lowest BCUT2D eigenvalue weighted by Crippen LogP contribution is -2.48. The molecule has 1 aromatic heterocycles. The molecule has 1 aliphatic rings. The van der Waals surface area contributed by atoms with Crippen molar-refractivity contribution in [1.82, 2.24) is 9.88 Å². The molecule has 0 aliphatic carbocycles. The molecule has 0 spiro atoms. The van der Waals surface area contributed by atoms with Gasteiger partial charge in [-0.2, -0.15) is 0 Å². The van der Waals surface area contributed by atoms with Gasteiger partial charge < -0.3 is 15.1 Å². The standard InChI is InChI=1S/C20H24N4O2/c1-16(25)23-11-13-24(14-12-23)18-8-9-19(21-15-18)22-20(26)10-7-17-5-3-2-4-6-17/h2-6,8-9,15H,7,10-14H2,1H3,(H,21,22,26). The molecule has 0 bridgehead atoms. The van der Waals surface area contributed by atoms with E-state index >= 15 is 0 Å². The minimum Gasteiger partial charge on any atom is -0.367 e. The maximum absolute atomic E-state index is 12.1. The number of amides is 2. The fourth-order valence-corrected chi connectivity index (χ4v) is 3.03. The normalized spacial score (nSPS) is 14.2. The van der Waals surface area contributed by atoms with E-state index < -0.39 is 0 Å². The van der Waals surface area contributed by atoms with Crippen LogP contribution in [0.4, 0.5) is 11.5 Å². The number of aromatic nitrogens is 1. The number of anilines is 2. The predicted octanol–water partition coefficient (Wildman–Crippen LogP) is 2.32. The molecular weight excluding hydrogens is 328 g/mol. The number of rotatable bonds is 5. The van der Waals surface area contributed by atoms with Crippen LogP contribution in [0.25, 0.3) is 0 Å². The molecule has 0 radical (unpaired) electrons. The Balaban J connectivity index is 1.48. The smallest absolute Gasteiger partial charge is 0.225 e. The van der Waals surface area contributed by atoms with Gasteiger partial charge in [0.1, 0.15) is 5.82 Å². The van der Waals surface area contributed by atoms with Gasteiger partial charge in [-0.25, -0.2) is 4.98 Å². The number of carbonyl (C=O) groups excluding carboxylic acids is 2. The van der Waals surface area contributed by atoms with Gasteiger partial charge in [0, 0.05) is 39.5 Å². The Hall–Kier alpha value is -2.89. The minimum atomic E-state index is -0.0378. The van der Waals surface area contributed by atoms with E-state index in [1.807, 2.05) is 47.4 Å². The summed E-state index contributed by atoms with van der Waals surface area (Å²) in [6.45, 7) is 4.65. The Morgan fingerprint density at radius 1 is 1.04 bits per heavy atom. The third-order valence-electron chi connectivity index (χ3n) is 4.59. The van der Waals surface area contributed by atoms with Crippen molar-refractivity contribution in [3.05, 3.63) is 54.2 Å². The van der Waals surface area contributed by atoms with Crippen LogP contribution in [0, 0.1) is 0 Å². The number of hydrogen-bond donors (Lipinski definition) is 1. The number of piperazine rings is 1. The molecule has 26 heavy (non-hydrogen) atoms. The van der Waals surface area contributed by atoms with Crippen LogP contribution in [0.1, 0.15) is 18.9 Å². The predicted molar refractivity (Wildman–Crippen MR) is 102 cm³/mol. The summed E-state index contributed by atoms with van der Waals surface area (Å²) in [5.41, 5.74) is 2.16. The van der Waals surface area contributed by atoms with Crippen LogP contribution in [-0.4, -0.2) is 47.9 Å². The van der Waals surface area contributed by atoms with E-state index in [1.165, 1.54) is 0 Å². The zero-order valence-electron chi connectivity index (χ0n) is 15.0. The van der Waals surface area contributed by atoms with Crippen molar-refractivity contribution in [3.63, 3.8) is 0 Å². The van der Waals surface area contributed by atoms with Crippen LogP contribution in [0.5, 0.6) is 0 Å². The van der Waals surface area contributed by atoms with Gasteiger partial charge in [-0.05, 0) is 24.1 Å². The average Bonchev–Trinajstić information content (AvgIpc) is 2.68. The lowest BCUT2D eigenvalue weighted by molar-refractivity contribution is -0.129. The molecule has 2 heterocycles. The van der Waals surface area contributed by atoms with Crippen molar-refractivity contribution in [2.24, 2.45) is 0 Å². The zero-order chi connectivity index (χ0) is 18.4. The summed E-state index contributed by atoms with van der Waals surface area (Å²) in [7, 11) is 0. The maximum Gasteiger partial charge on any atom is 0.225 e. The largest absolute Gasteiger partial charge is 0.367 e. The van der Waals surface area contributed by atoms with Gasteiger partial charge in [0.2, 0.25) is 11.8 Å². The summed E-state index contributed by atoms with van der Waals surface area (Å²) in [6.07, 6.45) is 2.92. The van der Waals surface area contributed by atoms with Gasteiger partial charge in [0.15, 0.2) is 0 Å². The molecule has 1 aliphatic heterocycles. The van der Waals surface area contributed by atoms with Gasteiger partial charge >= 0.3 is 0 Å². The van der Waals surface area contributed by atoms with Crippen molar-refractivity contribution >= 4 is 23.3 Å². The van der Waals surface area contributed by atoms with Gasteiger partial charge in [-0.1, -0.05) is 30.3 Å². The minimum absolute atomic E-state index is 0.0378. The number of benzene rings is 1. The number of nitrogens with one attached hydrogen (secondary N) is 1. The first kappa shape index (κ1) is 17.9. The first-order valence-corrected chi connectivity index (χ1v) is 8.92. The maximum atomic E-state index is 12.1. The molecule has 0 saturated carbocycles. The molecular formula is C20H24N4O2. The second kappa shape index (κ2) is 8.47. The second-order valence-electron chi connectivity index (χ2n) is 6.43. The average molecular weight is 352 g/mol. The fourth-order valence-electron chi connectivity index (χ4n) is 3.03. The Kier molecular flexibility index (Phi) is 5.84. The molecule has 1 aromatic carbocycles. The Bertz CT molecular complexity index is 738. The van der Waals surface area contributed by atoms with Gasteiger partial charge in [0.25, 0.3) is 0 Å². The van der Waals surface area contributed by atoms with Crippen molar-refractivity contribution in [3.8, 4) is 0 Å². The molecule has 2 aromatic rings. The van der Waals surface area contributed by atoms with E-state index in [9.17, 15) is 9.59 Å². The van der Waals surface area contributed by atoms with E-state index in [1.54, 1.807) is 13.1 Å². The Labute approximate surface area is 153 Å². The lowest BCUT2D eigenvalue weighted by atomic mass is 10.1. The van der Waals surface area contributed by atoms with Crippen molar-refractivity contribution in [1.29, 1.82) is 0 Å². The second-order valence-corrected chi connectivity index (χ2v) is 6.43. The molecule has 0 unspecified atom stereocenters. The number of carbonyl (C=O) groups is 2. The molecule has 6 heteroatoms. The van der Waals surface area contributed by atoms with E-state index in [0.29, 0.717) is 18.7 Å². The summed E-state index contributed by atoms with van der Waals surface area (Å²) in [6, 6.07) is 13.7. The van der Waals surface area contributed by atoms with Gasteiger partial charge in [-0.15, -0.1) is 0 Å². The number of nitrogens with zero attached hydrogens (tertiary/aromatic N) is 3. The number of aryl methyl sites for hydroxylation is 1.